The second-order valence-corrected chi connectivity index (χ2v) is 8.72. The monoisotopic (exact) mass is 462 g/mol. The molecule has 0 radical (unpaired) electrons. The summed E-state index contributed by atoms with van der Waals surface area (Å²) in [4.78, 5) is 36.1. The Bertz CT molecular complexity index is 1250. The molecule has 2 aromatic heterocycles. The highest BCUT2D eigenvalue weighted by molar-refractivity contribution is 6.35. The maximum absolute atomic E-state index is 12.6. The number of halogens is 2. The number of aromatic amines is 1. The molecule has 31 heavy (non-hydrogen) atoms. The summed E-state index contributed by atoms with van der Waals surface area (Å²) in [5.74, 6) is 0.667. The number of allylic oxidation sites excluding steroid dienone is 1. The Morgan fingerprint density at radius 1 is 1.16 bits per heavy atom. The Morgan fingerprint density at radius 3 is 2.42 bits per heavy atom. The normalized spacial score (nSPS) is 15.0. The van der Waals surface area contributed by atoms with Crippen molar-refractivity contribution in [1.82, 2.24) is 24.0 Å². The Kier molecular flexibility index (Phi) is 5.96. The van der Waals surface area contributed by atoms with Crippen molar-refractivity contribution in [2.45, 2.75) is 20.0 Å². The Morgan fingerprint density at radius 2 is 1.81 bits per heavy atom. The van der Waals surface area contributed by atoms with Gasteiger partial charge in [0.05, 0.1) is 0 Å². The van der Waals surface area contributed by atoms with Crippen LogP contribution in [0.4, 0.5) is 5.95 Å². The number of piperazine rings is 1. The van der Waals surface area contributed by atoms with E-state index < -0.39 is 11.2 Å². The van der Waals surface area contributed by atoms with E-state index in [1.807, 2.05) is 29.7 Å². The number of nitrogens with one attached hydrogen (secondary N) is 1. The van der Waals surface area contributed by atoms with Crippen LogP contribution in [-0.4, -0.2) is 50.2 Å². The van der Waals surface area contributed by atoms with Crippen molar-refractivity contribution in [2.24, 2.45) is 7.05 Å². The smallest absolute Gasteiger partial charge is 0.329 e. The summed E-state index contributed by atoms with van der Waals surface area (Å²) in [5, 5.41) is 1.33. The van der Waals surface area contributed by atoms with E-state index in [1.165, 1.54) is 4.57 Å². The number of rotatable bonds is 5. The molecule has 0 amide bonds. The predicted molar refractivity (Wildman–Crippen MR) is 124 cm³/mol. The van der Waals surface area contributed by atoms with Crippen molar-refractivity contribution < 1.29 is 0 Å². The lowest BCUT2D eigenvalue weighted by atomic mass is 10.2. The van der Waals surface area contributed by atoms with Crippen molar-refractivity contribution in [3.8, 4) is 0 Å². The molecule has 0 saturated carbocycles. The van der Waals surface area contributed by atoms with Gasteiger partial charge in [0.15, 0.2) is 11.2 Å². The van der Waals surface area contributed by atoms with Gasteiger partial charge in [0, 0.05) is 61.9 Å². The topological polar surface area (TPSA) is 79.2 Å². The molecular formula is C21H24Cl2N6O2. The van der Waals surface area contributed by atoms with Gasteiger partial charge in [-0.2, -0.15) is 4.98 Å². The zero-order chi connectivity index (χ0) is 22.3. The van der Waals surface area contributed by atoms with Crippen molar-refractivity contribution >= 4 is 40.3 Å². The van der Waals surface area contributed by atoms with Gasteiger partial charge in [-0.15, -0.1) is 0 Å². The number of hydrogen-bond acceptors (Lipinski definition) is 5. The fraction of sp³-hybridized carbons (Fsp3) is 0.381. The fourth-order valence-corrected chi connectivity index (χ4v) is 4.41. The summed E-state index contributed by atoms with van der Waals surface area (Å²) in [5.41, 5.74) is 1.65. The van der Waals surface area contributed by atoms with Crippen LogP contribution < -0.4 is 16.1 Å². The lowest BCUT2D eigenvalue weighted by Gasteiger charge is -2.35. The molecule has 8 nitrogen and oxygen atoms in total. The number of nitrogens with zero attached hydrogens (tertiary/aromatic N) is 5. The second-order valence-electron chi connectivity index (χ2n) is 7.91. The molecule has 0 bridgehead atoms. The number of aromatic nitrogens is 4. The van der Waals surface area contributed by atoms with Crippen LogP contribution in [0.25, 0.3) is 11.2 Å². The first-order chi connectivity index (χ1) is 14.8. The van der Waals surface area contributed by atoms with Gasteiger partial charge in [0.2, 0.25) is 5.95 Å². The molecule has 1 N–H and O–H groups in total. The molecule has 0 spiro atoms. The largest absolute Gasteiger partial charge is 0.340 e. The third kappa shape index (κ3) is 4.15. The van der Waals surface area contributed by atoms with Crippen molar-refractivity contribution in [1.29, 1.82) is 0 Å². The molecule has 1 aliphatic heterocycles. The molecule has 4 rings (SSSR count). The van der Waals surface area contributed by atoms with Gasteiger partial charge in [-0.05, 0) is 19.1 Å². The maximum atomic E-state index is 12.6. The first kappa shape index (κ1) is 21.7. The first-order valence-electron chi connectivity index (χ1n) is 10.0. The Balaban J connectivity index is 1.62. The molecule has 1 saturated heterocycles. The van der Waals surface area contributed by atoms with E-state index in [0.29, 0.717) is 53.3 Å². The summed E-state index contributed by atoms with van der Waals surface area (Å²) >= 11 is 12.7. The summed E-state index contributed by atoms with van der Waals surface area (Å²) in [6, 6.07) is 5.54. The van der Waals surface area contributed by atoms with Crippen LogP contribution in [0.15, 0.2) is 39.9 Å². The van der Waals surface area contributed by atoms with Gasteiger partial charge in [-0.1, -0.05) is 41.4 Å². The van der Waals surface area contributed by atoms with E-state index in [4.69, 9.17) is 23.2 Å². The van der Waals surface area contributed by atoms with Gasteiger partial charge in [0.1, 0.15) is 0 Å². The number of fused-ring (bicyclic) bond motifs is 1. The third-order valence-corrected chi connectivity index (χ3v) is 6.22. The van der Waals surface area contributed by atoms with Gasteiger partial charge in [-0.3, -0.25) is 19.2 Å². The van der Waals surface area contributed by atoms with Crippen LogP contribution in [0.1, 0.15) is 12.5 Å². The number of hydrogen-bond donors (Lipinski definition) is 1. The SMILES string of the molecule is C=C(C)Cn1c(N2CCN(Cc3c(Cl)cccc3Cl)CC2)nc2c1c(=O)[nH]c(=O)n2C. The molecule has 1 fully saturated rings. The molecule has 0 aliphatic carbocycles. The summed E-state index contributed by atoms with van der Waals surface area (Å²) in [7, 11) is 1.60. The highest BCUT2D eigenvalue weighted by Gasteiger charge is 2.25. The van der Waals surface area contributed by atoms with E-state index in [9.17, 15) is 9.59 Å². The van der Waals surface area contributed by atoms with Crippen LogP contribution in [-0.2, 0) is 20.1 Å². The zero-order valence-electron chi connectivity index (χ0n) is 17.5. The Labute approximate surface area is 189 Å². The average molecular weight is 463 g/mol. The molecule has 1 aliphatic rings. The molecule has 10 heteroatoms. The summed E-state index contributed by atoms with van der Waals surface area (Å²) < 4.78 is 3.21. The van der Waals surface area contributed by atoms with Gasteiger partial charge in [-0.25, -0.2) is 4.79 Å². The van der Waals surface area contributed by atoms with E-state index in [0.717, 1.165) is 24.2 Å². The summed E-state index contributed by atoms with van der Waals surface area (Å²) in [6.45, 7) is 10.0. The van der Waals surface area contributed by atoms with Gasteiger partial charge < -0.3 is 9.47 Å². The number of anilines is 1. The van der Waals surface area contributed by atoms with E-state index in [-0.39, 0.29) is 0 Å². The predicted octanol–water partition coefficient (Wildman–Crippen LogP) is 2.63. The number of H-pyrrole nitrogens is 1. The van der Waals surface area contributed by atoms with Crippen molar-refractivity contribution in [3.63, 3.8) is 0 Å². The average Bonchev–Trinajstić information content (AvgIpc) is 3.09. The van der Waals surface area contributed by atoms with E-state index >= 15 is 0 Å². The number of imidazole rings is 1. The number of aryl methyl sites for hydroxylation is 1. The zero-order valence-corrected chi connectivity index (χ0v) is 19.0. The molecule has 164 valence electrons. The minimum Gasteiger partial charge on any atom is -0.340 e. The first-order valence-corrected chi connectivity index (χ1v) is 10.8. The molecule has 0 unspecified atom stereocenters. The quantitative estimate of drug-likeness (QED) is 0.589. The van der Waals surface area contributed by atoms with Gasteiger partial charge >= 0.3 is 5.69 Å². The van der Waals surface area contributed by atoms with Crippen LogP contribution in [0, 0.1) is 0 Å². The molecule has 3 aromatic rings. The van der Waals surface area contributed by atoms with Crippen LogP contribution >= 0.6 is 23.2 Å². The van der Waals surface area contributed by atoms with Crippen molar-refractivity contribution in [2.75, 3.05) is 31.1 Å². The van der Waals surface area contributed by atoms with Crippen LogP contribution in [0.3, 0.4) is 0 Å². The maximum Gasteiger partial charge on any atom is 0.329 e. The minimum absolute atomic E-state index is 0.371. The highest BCUT2D eigenvalue weighted by atomic mass is 35.5. The highest BCUT2D eigenvalue weighted by Crippen LogP contribution is 2.27. The standard InChI is InChI=1S/C21H24Cl2N6O2/c1-13(2)11-29-17-18(26(3)21(31)25-19(17)30)24-20(29)28-9-7-27(8-10-28)12-14-15(22)5-4-6-16(14)23/h4-6H,1,7-12H2,2-3H3,(H,25,30,31). The number of benzene rings is 1. The lowest BCUT2D eigenvalue weighted by molar-refractivity contribution is 0.248. The fourth-order valence-electron chi connectivity index (χ4n) is 3.90. The molecule has 0 atom stereocenters. The summed E-state index contributed by atoms with van der Waals surface area (Å²) in [6.07, 6.45) is 0. The molecule has 1 aromatic carbocycles. The minimum atomic E-state index is -0.481. The van der Waals surface area contributed by atoms with Crippen molar-refractivity contribution in [3.05, 3.63) is 66.8 Å². The second kappa shape index (κ2) is 8.53. The van der Waals surface area contributed by atoms with E-state index in [2.05, 4.69) is 26.3 Å². The lowest BCUT2D eigenvalue weighted by Crippen LogP contribution is -2.47. The van der Waals surface area contributed by atoms with Crippen LogP contribution in [0.5, 0.6) is 0 Å². The van der Waals surface area contributed by atoms with Crippen LogP contribution in [0.2, 0.25) is 10.0 Å². The van der Waals surface area contributed by atoms with E-state index in [1.54, 1.807) is 7.05 Å². The van der Waals surface area contributed by atoms with Gasteiger partial charge in [0.25, 0.3) is 5.56 Å². The molecular weight excluding hydrogens is 439 g/mol. The third-order valence-electron chi connectivity index (χ3n) is 5.51. The Hall–Kier alpha value is -2.55. The molecule has 3 heterocycles.